The molecule has 1 amide bonds. The Kier molecular flexibility index (Phi) is 4.43. The average Bonchev–Trinajstić information content (AvgIpc) is 2.60. The van der Waals surface area contributed by atoms with Crippen LogP contribution in [0.15, 0.2) is 53.4 Å². The summed E-state index contributed by atoms with van der Waals surface area (Å²) >= 11 is 0. The number of sulfonamides is 1. The van der Waals surface area contributed by atoms with Gasteiger partial charge in [0.15, 0.2) is 0 Å². The molecule has 0 saturated heterocycles. The van der Waals surface area contributed by atoms with E-state index in [-0.39, 0.29) is 16.7 Å². The topological polar surface area (TPSA) is 75.7 Å². The fourth-order valence-corrected chi connectivity index (χ4v) is 4.71. The van der Waals surface area contributed by atoms with Gasteiger partial charge in [-0.05, 0) is 42.3 Å². The first-order valence-electron chi connectivity index (χ1n) is 7.94. The maximum Gasteiger partial charge on any atom is 0.265 e. The molecule has 25 heavy (non-hydrogen) atoms. The van der Waals surface area contributed by atoms with Gasteiger partial charge < -0.3 is 10.1 Å². The number of methoxy groups -OCH3 is 1. The Bertz CT molecular complexity index is 892. The van der Waals surface area contributed by atoms with Crippen molar-refractivity contribution >= 4 is 27.3 Å². The molecular formula is C18H20N2O4S. The molecule has 1 N–H and O–H groups in total. The summed E-state index contributed by atoms with van der Waals surface area (Å²) in [5.41, 5.74) is 0.957. The van der Waals surface area contributed by atoms with E-state index in [1.807, 2.05) is 13.8 Å². The molecule has 7 heteroatoms. The highest BCUT2D eigenvalue weighted by Crippen LogP contribution is 2.38. The van der Waals surface area contributed by atoms with Crippen molar-refractivity contribution in [1.29, 1.82) is 0 Å². The molecule has 1 aliphatic rings. The Hall–Kier alpha value is -2.54. The molecular weight excluding hydrogens is 340 g/mol. The summed E-state index contributed by atoms with van der Waals surface area (Å²) in [7, 11) is -2.39. The Balaban J connectivity index is 2.17. The molecule has 2 aromatic carbocycles. The van der Waals surface area contributed by atoms with Crippen molar-refractivity contribution in [2.45, 2.75) is 24.8 Å². The second-order valence-corrected chi connectivity index (χ2v) is 7.99. The summed E-state index contributed by atoms with van der Waals surface area (Å²) in [6.07, 6.45) is 0. The van der Waals surface area contributed by atoms with Crippen LogP contribution in [0.5, 0.6) is 5.75 Å². The van der Waals surface area contributed by atoms with E-state index in [1.54, 1.807) is 36.4 Å². The van der Waals surface area contributed by atoms with Crippen molar-refractivity contribution in [3.63, 3.8) is 0 Å². The highest BCUT2D eigenvalue weighted by atomic mass is 32.2. The highest BCUT2D eigenvalue weighted by Gasteiger charge is 2.42. The zero-order chi connectivity index (χ0) is 18.2. The van der Waals surface area contributed by atoms with Gasteiger partial charge in [-0.1, -0.05) is 26.0 Å². The lowest BCUT2D eigenvalue weighted by Crippen LogP contribution is -2.53. The van der Waals surface area contributed by atoms with Gasteiger partial charge in [0.1, 0.15) is 11.8 Å². The zero-order valence-corrected chi connectivity index (χ0v) is 15.1. The van der Waals surface area contributed by atoms with Crippen LogP contribution in [0.4, 0.5) is 11.4 Å². The minimum atomic E-state index is -3.91. The van der Waals surface area contributed by atoms with E-state index in [2.05, 4.69) is 5.32 Å². The van der Waals surface area contributed by atoms with E-state index < -0.39 is 16.1 Å². The summed E-state index contributed by atoms with van der Waals surface area (Å²) in [4.78, 5) is 12.7. The molecule has 3 rings (SSSR count). The number of benzene rings is 2. The largest absolute Gasteiger partial charge is 0.497 e. The molecule has 132 valence electrons. The van der Waals surface area contributed by atoms with Gasteiger partial charge >= 0.3 is 0 Å². The van der Waals surface area contributed by atoms with Crippen LogP contribution < -0.4 is 14.4 Å². The maximum atomic E-state index is 13.3. The molecule has 1 atom stereocenters. The van der Waals surface area contributed by atoms with Crippen molar-refractivity contribution in [3.05, 3.63) is 48.5 Å². The van der Waals surface area contributed by atoms with E-state index in [1.165, 1.54) is 23.5 Å². The third-order valence-corrected chi connectivity index (χ3v) is 5.98. The minimum Gasteiger partial charge on any atom is -0.497 e. The van der Waals surface area contributed by atoms with Crippen LogP contribution in [0.3, 0.4) is 0 Å². The first-order valence-corrected chi connectivity index (χ1v) is 9.38. The van der Waals surface area contributed by atoms with E-state index in [0.29, 0.717) is 17.1 Å². The Labute approximate surface area is 147 Å². The number of nitrogens with one attached hydrogen (secondary N) is 1. The fraction of sp³-hybridized carbons (Fsp3) is 0.278. The van der Waals surface area contributed by atoms with Crippen molar-refractivity contribution < 1.29 is 17.9 Å². The Morgan fingerprint density at radius 2 is 1.72 bits per heavy atom. The number of carbonyl (C=O) groups excluding carboxylic acids is 1. The van der Waals surface area contributed by atoms with Crippen LogP contribution in [-0.2, 0) is 14.8 Å². The number of hydrogen-bond donors (Lipinski definition) is 1. The third-order valence-electron chi connectivity index (χ3n) is 4.17. The van der Waals surface area contributed by atoms with Gasteiger partial charge in [-0.25, -0.2) is 8.42 Å². The summed E-state index contributed by atoms with van der Waals surface area (Å²) in [6.45, 7) is 3.66. The molecule has 2 aromatic rings. The molecule has 0 fully saturated rings. The minimum absolute atomic E-state index is 0.114. The molecule has 1 unspecified atom stereocenters. The number of hydrogen-bond acceptors (Lipinski definition) is 4. The molecule has 0 spiro atoms. The van der Waals surface area contributed by atoms with Gasteiger partial charge in [-0.3, -0.25) is 9.10 Å². The van der Waals surface area contributed by atoms with Crippen molar-refractivity contribution in [1.82, 2.24) is 0 Å². The van der Waals surface area contributed by atoms with Crippen LogP contribution in [0, 0.1) is 5.92 Å². The summed E-state index contributed by atoms with van der Waals surface area (Å²) in [5.74, 6) is 0.0447. The summed E-state index contributed by atoms with van der Waals surface area (Å²) in [5, 5.41) is 2.80. The van der Waals surface area contributed by atoms with E-state index in [9.17, 15) is 13.2 Å². The molecule has 0 aromatic heterocycles. The fourth-order valence-electron chi connectivity index (χ4n) is 2.95. The van der Waals surface area contributed by atoms with Gasteiger partial charge in [-0.2, -0.15) is 0 Å². The van der Waals surface area contributed by atoms with Crippen LogP contribution in [0.1, 0.15) is 13.8 Å². The molecule has 0 radical (unpaired) electrons. The standard InChI is InChI=1S/C18H20N2O4S/c1-12(2)17-18(21)19-15-6-4-5-7-16(15)20(17)25(22,23)14-10-8-13(24-3)9-11-14/h4-12,17H,1-3H3,(H,19,21). The monoisotopic (exact) mass is 360 g/mol. The van der Waals surface area contributed by atoms with Gasteiger partial charge in [0.2, 0.25) is 5.91 Å². The smallest absolute Gasteiger partial charge is 0.265 e. The number of anilines is 2. The van der Waals surface area contributed by atoms with Gasteiger partial charge in [0.25, 0.3) is 10.0 Å². The number of carbonyl (C=O) groups is 1. The van der Waals surface area contributed by atoms with E-state index in [4.69, 9.17) is 4.74 Å². The first-order chi connectivity index (χ1) is 11.9. The number of ether oxygens (including phenoxy) is 1. The van der Waals surface area contributed by atoms with Crippen LogP contribution in [-0.4, -0.2) is 27.5 Å². The Morgan fingerprint density at radius 3 is 2.32 bits per heavy atom. The zero-order valence-electron chi connectivity index (χ0n) is 14.3. The summed E-state index contributed by atoms with van der Waals surface area (Å²) < 4.78 is 32.9. The lowest BCUT2D eigenvalue weighted by atomic mass is 10.0. The lowest BCUT2D eigenvalue weighted by molar-refractivity contribution is -0.118. The molecule has 1 aliphatic heterocycles. The van der Waals surface area contributed by atoms with Crippen LogP contribution in [0.2, 0.25) is 0 Å². The molecule has 1 heterocycles. The number of nitrogens with zero attached hydrogens (tertiary/aromatic N) is 1. The average molecular weight is 360 g/mol. The predicted molar refractivity (Wildman–Crippen MR) is 96.4 cm³/mol. The SMILES string of the molecule is COc1ccc(S(=O)(=O)N2c3ccccc3NC(=O)C2C(C)C)cc1. The molecule has 0 aliphatic carbocycles. The second-order valence-electron chi connectivity index (χ2n) is 6.17. The molecule has 6 nitrogen and oxygen atoms in total. The predicted octanol–water partition coefficient (Wildman–Crippen LogP) is 2.87. The van der Waals surface area contributed by atoms with Gasteiger partial charge in [0.05, 0.1) is 23.4 Å². The number of para-hydroxylation sites is 2. The van der Waals surface area contributed by atoms with E-state index >= 15 is 0 Å². The van der Waals surface area contributed by atoms with Crippen LogP contribution >= 0.6 is 0 Å². The second kappa shape index (κ2) is 6.40. The Morgan fingerprint density at radius 1 is 1.08 bits per heavy atom. The number of amides is 1. The first kappa shape index (κ1) is 17.3. The van der Waals surface area contributed by atoms with Gasteiger partial charge in [-0.15, -0.1) is 0 Å². The normalized spacial score (nSPS) is 17.2. The maximum absolute atomic E-state index is 13.3. The van der Waals surface area contributed by atoms with Crippen molar-refractivity contribution in [2.75, 3.05) is 16.7 Å². The van der Waals surface area contributed by atoms with Crippen LogP contribution in [0.25, 0.3) is 0 Å². The molecule has 0 bridgehead atoms. The third kappa shape index (κ3) is 2.95. The van der Waals surface area contributed by atoms with Crippen molar-refractivity contribution in [3.8, 4) is 5.75 Å². The van der Waals surface area contributed by atoms with Gasteiger partial charge in [0, 0.05) is 0 Å². The van der Waals surface area contributed by atoms with Crippen molar-refractivity contribution in [2.24, 2.45) is 5.92 Å². The quantitative estimate of drug-likeness (QED) is 0.910. The van der Waals surface area contributed by atoms with E-state index in [0.717, 1.165) is 0 Å². The summed E-state index contributed by atoms with van der Waals surface area (Å²) in [6, 6.07) is 12.2. The highest BCUT2D eigenvalue weighted by molar-refractivity contribution is 7.93. The lowest BCUT2D eigenvalue weighted by Gasteiger charge is -2.38. The molecule has 0 saturated carbocycles. The number of fused-ring (bicyclic) bond motifs is 1. The number of rotatable bonds is 4.